The molecule has 152 valence electrons. The predicted octanol–water partition coefficient (Wildman–Crippen LogP) is 6.35. The van der Waals surface area contributed by atoms with Gasteiger partial charge in [0.1, 0.15) is 10.8 Å². The Bertz CT molecular complexity index is 1050. The summed E-state index contributed by atoms with van der Waals surface area (Å²) in [5.41, 5.74) is 0.462. The van der Waals surface area contributed by atoms with E-state index in [9.17, 15) is 9.90 Å². The summed E-state index contributed by atoms with van der Waals surface area (Å²) in [5.74, 6) is 0.877. The molecule has 0 radical (unpaired) electrons. The number of carboxylic acids is 1. The van der Waals surface area contributed by atoms with E-state index in [0.717, 1.165) is 26.9 Å². The van der Waals surface area contributed by atoms with Gasteiger partial charge in [0.05, 0.1) is 15.8 Å². The number of aromatic nitrogens is 2. The number of aryl methyl sites for hydroxylation is 1. The SMILES string of the molecule is Cc1cc(SCc2nsc(-c3ccc(Cl)c(Cl)c3)n2)ccc1OC(C)(C)C(=O)O. The molecule has 0 aliphatic heterocycles. The highest BCUT2D eigenvalue weighted by molar-refractivity contribution is 7.98. The lowest BCUT2D eigenvalue weighted by atomic mass is 10.1. The first-order chi connectivity index (χ1) is 13.7. The van der Waals surface area contributed by atoms with Crippen LogP contribution in [0.15, 0.2) is 41.3 Å². The van der Waals surface area contributed by atoms with Crippen LogP contribution in [0, 0.1) is 6.92 Å². The lowest BCUT2D eigenvalue weighted by Gasteiger charge is -2.22. The number of benzene rings is 2. The third-order valence-corrected chi connectivity index (χ3v) is 6.56. The molecule has 0 saturated heterocycles. The molecule has 0 aliphatic carbocycles. The average Bonchev–Trinajstić information content (AvgIpc) is 3.13. The van der Waals surface area contributed by atoms with Gasteiger partial charge in [-0.05, 0) is 68.2 Å². The molecule has 3 aromatic rings. The number of carboxylic acid groups (broad SMARTS) is 1. The first-order valence-corrected chi connectivity index (χ1v) is 11.1. The molecule has 1 aromatic heterocycles. The number of hydrogen-bond acceptors (Lipinski definition) is 6. The number of thioether (sulfide) groups is 1. The summed E-state index contributed by atoms with van der Waals surface area (Å²) >= 11 is 14.9. The molecule has 0 amide bonds. The second-order valence-corrected chi connectivity index (χ2v) is 9.39. The van der Waals surface area contributed by atoms with Crippen LogP contribution in [0.3, 0.4) is 0 Å². The Morgan fingerprint density at radius 2 is 1.97 bits per heavy atom. The van der Waals surface area contributed by atoms with Crippen LogP contribution in [-0.4, -0.2) is 26.0 Å². The number of nitrogens with zero attached hydrogens (tertiary/aromatic N) is 2. The van der Waals surface area contributed by atoms with Gasteiger partial charge in [0.15, 0.2) is 11.4 Å². The topological polar surface area (TPSA) is 72.3 Å². The number of hydrogen-bond donors (Lipinski definition) is 1. The van der Waals surface area contributed by atoms with E-state index in [1.165, 1.54) is 25.4 Å². The van der Waals surface area contributed by atoms with E-state index in [0.29, 0.717) is 21.5 Å². The second-order valence-electron chi connectivity index (χ2n) is 6.78. The van der Waals surface area contributed by atoms with Gasteiger partial charge in [0.2, 0.25) is 0 Å². The minimum absolute atomic E-state index is 0.485. The number of rotatable bonds is 7. The van der Waals surface area contributed by atoms with Crippen LogP contribution in [0.1, 0.15) is 25.2 Å². The fourth-order valence-electron chi connectivity index (χ4n) is 2.35. The van der Waals surface area contributed by atoms with Crippen molar-refractivity contribution in [2.75, 3.05) is 0 Å². The third-order valence-electron chi connectivity index (χ3n) is 4.03. The summed E-state index contributed by atoms with van der Waals surface area (Å²) < 4.78 is 10.0. The molecular formula is C20H18Cl2N2O3S2. The van der Waals surface area contributed by atoms with E-state index in [1.54, 1.807) is 30.0 Å². The first kappa shape index (κ1) is 21.9. The van der Waals surface area contributed by atoms with Gasteiger partial charge in [0.25, 0.3) is 0 Å². The lowest BCUT2D eigenvalue weighted by Crippen LogP contribution is -2.38. The Hall–Kier alpha value is -1.80. The lowest BCUT2D eigenvalue weighted by molar-refractivity contribution is -0.152. The smallest absolute Gasteiger partial charge is 0.347 e. The molecule has 0 saturated carbocycles. The molecule has 5 nitrogen and oxygen atoms in total. The Labute approximate surface area is 187 Å². The highest BCUT2D eigenvalue weighted by Gasteiger charge is 2.29. The van der Waals surface area contributed by atoms with E-state index in [-0.39, 0.29) is 0 Å². The third kappa shape index (κ3) is 5.42. The van der Waals surface area contributed by atoms with Gasteiger partial charge < -0.3 is 9.84 Å². The molecule has 3 rings (SSSR count). The van der Waals surface area contributed by atoms with Crippen molar-refractivity contribution in [2.24, 2.45) is 0 Å². The van der Waals surface area contributed by atoms with E-state index in [2.05, 4.69) is 9.36 Å². The van der Waals surface area contributed by atoms with Crippen LogP contribution < -0.4 is 4.74 Å². The van der Waals surface area contributed by atoms with Crippen LogP contribution in [0.5, 0.6) is 5.75 Å². The molecular weight excluding hydrogens is 451 g/mol. The molecule has 0 unspecified atom stereocenters. The van der Waals surface area contributed by atoms with E-state index in [4.69, 9.17) is 27.9 Å². The summed E-state index contributed by atoms with van der Waals surface area (Å²) in [5, 5.41) is 11.0. The zero-order valence-corrected chi connectivity index (χ0v) is 19.0. The Balaban J connectivity index is 1.66. The zero-order valence-electron chi connectivity index (χ0n) is 15.9. The Morgan fingerprint density at radius 3 is 2.62 bits per heavy atom. The van der Waals surface area contributed by atoms with Gasteiger partial charge in [-0.25, -0.2) is 9.78 Å². The largest absolute Gasteiger partial charge is 0.478 e. The quantitative estimate of drug-likeness (QED) is 0.406. The summed E-state index contributed by atoms with van der Waals surface area (Å²) in [6.45, 7) is 4.94. The molecule has 0 aliphatic rings. The Kier molecular flexibility index (Phi) is 6.73. The predicted molar refractivity (Wildman–Crippen MR) is 118 cm³/mol. The minimum Gasteiger partial charge on any atom is -0.478 e. The fourth-order valence-corrected chi connectivity index (χ4v) is 4.26. The maximum atomic E-state index is 11.2. The van der Waals surface area contributed by atoms with Crippen LogP contribution in [0.2, 0.25) is 10.0 Å². The molecule has 0 bridgehead atoms. The van der Waals surface area contributed by atoms with Crippen molar-refractivity contribution in [3.8, 4) is 16.3 Å². The summed E-state index contributed by atoms with van der Waals surface area (Å²) in [6, 6.07) is 11.0. The van der Waals surface area contributed by atoms with Crippen LogP contribution >= 0.6 is 46.5 Å². The number of ether oxygens (including phenoxy) is 1. The number of halogens is 2. The number of aliphatic carboxylic acids is 1. The fraction of sp³-hybridized carbons (Fsp3) is 0.250. The van der Waals surface area contributed by atoms with Gasteiger partial charge in [-0.2, -0.15) is 4.37 Å². The van der Waals surface area contributed by atoms with Crippen LogP contribution in [0.25, 0.3) is 10.6 Å². The van der Waals surface area contributed by atoms with E-state index >= 15 is 0 Å². The highest BCUT2D eigenvalue weighted by atomic mass is 35.5. The van der Waals surface area contributed by atoms with Gasteiger partial charge in [-0.3, -0.25) is 0 Å². The van der Waals surface area contributed by atoms with Crippen molar-refractivity contribution in [1.29, 1.82) is 0 Å². The minimum atomic E-state index is -1.29. The number of carbonyl (C=O) groups is 1. The summed E-state index contributed by atoms with van der Waals surface area (Å²) in [7, 11) is 0. The maximum absolute atomic E-state index is 11.2. The molecule has 0 spiro atoms. The van der Waals surface area contributed by atoms with Crippen molar-refractivity contribution in [3.63, 3.8) is 0 Å². The molecule has 2 aromatic carbocycles. The van der Waals surface area contributed by atoms with Gasteiger partial charge >= 0.3 is 5.97 Å². The second kappa shape index (κ2) is 8.92. The van der Waals surface area contributed by atoms with Crippen molar-refractivity contribution in [3.05, 3.63) is 57.8 Å². The van der Waals surface area contributed by atoms with Crippen molar-refractivity contribution >= 4 is 52.5 Å². The molecule has 0 fully saturated rings. The van der Waals surface area contributed by atoms with Crippen molar-refractivity contribution < 1.29 is 14.6 Å². The summed E-state index contributed by atoms with van der Waals surface area (Å²) in [4.78, 5) is 16.8. The maximum Gasteiger partial charge on any atom is 0.347 e. The molecule has 1 N–H and O–H groups in total. The zero-order chi connectivity index (χ0) is 21.2. The average molecular weight is 469 g/mol. The van der Waals surface area contributed by atoms with E-state index < -0.39 is 11.6 Å². The monoisotopic (exact) mass is 468 g/mol. The van der Waals surface area contributed by atoms with E-state index in [1.807, 2.05) is 25.1 Å². The molecule has 29 heavy (non-hydrogen) atoms. The Morgan fingerprint density at radius 1 is 1.21 bits per heavy atom. The standard InChI is InChI=1S/C20H18Cl2N2O3S2/c1-11-8-13(5-7-16(11)27-20(2,3)19(25)26)28-10-17-23-18(29-24-17)12-4-6-14(21)15(22)9-12/h4-9H,10H2,1-3H3,(H,25,26). The summed E-state index contributed by atoms with van der Waals surface area (Å²) in [6.07, 6.45) is 0. The molecule has 1 heterocycles. The molecule has 9 heteroatoms. The van der Waals surface area contributed by atoms with Gasteiger partial charge in [0, 0.05) is 10.5 Å². The van der Waals surface area contributed by atoms with Crippen LogP contribution in [-0.2, 0) is 10.5 Å². The van der Waals surface area contributed by atoms with Crippen molar-refractivity contribution in [1.82, 2.24) is 9.36 Å². The highest BCUT2D eigenvalue weighted by Crippen LogP contribution is 2.32. The van der Waals surface area contributed by atoms with Gasteiger partial charge in [-0.15, -0.1) is 11.8 Å². The normalized spacial score (nSPS) is 11.5. The van der Waals surface area contributed by atoms with Crippen LogP contribution in [0.4, 0.5) is 0 Å². The van der Waals surface area contributed by atoms with Crippen molar-refractivity contribution in [2.45, 2.75) is 37.0 Å². The van der Waals surface area contributed by atoms with Gasteiger partial charge in [-0.1, -0.05) is 29.3 Å². The first-order valence-electron chi connectivity index (χ1n) is 8.59. The molecule has 0 atom stereocenters.